The number of hydrogen-bond donors (Lipinski definition) is 0. The Labute approximate surface area is 119 Å². The summed E-state index contributed by atoms with van der Waals surface area (Å²) in [6, 6.07) is 4.79. The Morgan fingerprint density at radius 3 is 2.78 bits per heavy atom. The van der Waals surface area contributed by atoms with E-state index in [0.29, 0.717) is 10.2 Å². The Morgan fingerprint density at radius 2 is 2.17 bits per heavy atom. The van der Waals surface area contributed by atoms with Gasteiger partial charge in [0.15, 0.2) is 0 Å². The van der Waals surface area contributed by atoms with Crippen molar-refractivity contribution in [1.82, 2.24) is 0 Å². The summed E-state index contributed by atoms with van der Waals surface area (Å²) >= 11 is 3.22. The second kappa shape index (κ2) is 5.63. The Morgan fingerprint density at radius 1 is 1.39 bits per heavy atom. The van der Waals surface area contributed by atoms with Crippen LogP contribution in [-0.4, -0.2) is 14.5 Å². The molecular formula is C12H12BrClO3S. The van der Waals surface area contributed by atoms with E-state index in [1.165, 1.54) is 6.07 Å². The molecule has 1 aromatic carbocycles. The van der Waals surface area contributed by atoms with Crippen molar-refractivity contribution in [2.45, 2.75) is 30.3 Å². The van der Waals surface area contributed by atoms with E-state index in [0.717, 1.165) is 19.3 Å². The van der Waals surface area contributed by atoms with Gasteiger partial charge in [-0.05, 0) is 43.5 Å². The Hall–Kier alpha value is -0.520. The number of allylic oxidation sites excluding steroid dienone is 1. The number of halogens is 2. The van der Waals surface area contributed by atoms with Crippen molar-refractivity contribution in [2.24, 2.45) is 0 Å². The molecule has 0 aromatic heterocycles. The molecule has 0 fully saturated rings. The molecule has 0 spiro atoms. The van der Waals surface area contributed by atoms with E-state index in [2.05, 4.69) is 15.9 Å². The van der Waals surface area contributed by atoms with Gasteiger partial charge in [0.1, 0.15) is 16.7 Å². The van der Waals surface area contributed by atoms with E-state index >= 15 is 0 Å². The van der Waals surface area contributed by atoms with Crippen molar-refractivity contribution in [3.8, 4) is 5.75 Å². The molecule has 1 aliphatic rings. The Balaban J connectivity index is 2.32. The smallest absolute Gasteiger partial charge is 0.265 e. The zero-order valence-corrected chi connectivity index (χ0v) is 12.6. The lowest BCUT2D eigenvalue weighted by Gasteiger charge is -2.19. The van der Waals surface area contributed by atoms with Gasteiger partial charge < -0.3 is 4.74 Å². The molecule has 0 radical (unpaired) electrons. The molecule has 6 heteroatoms. The summed E-state index contributed by atoms with van der Waals surface area (Å²) in [4.78, 5) is -0.00230. The summed E-state index contributed by atoms with van der Waals surface area (Å²) in [6.07, 6.45) is 6.88. The number of rotatable bonds is 3. The second-order valence-corrected chi connectivity index (χ2v) is 7.49. The van der Waals surface area contributed by atoms with Crippen molar-refractivity contribution in [3.63, 3.8) is 0 Å². The Bertz CT molecular complexity index is 569. The van der Waals surface area contributed by atoms with E-state index in [1.54, 1.807) is 12.1 Å². The van der Waals surface area contributed by atoms with E-state index in [4.69, 9.17) is 15.4 Å². The molecule has 0 N–H and O–H groups in total. The van der Waals surface area contributed by atoms with Crippen LogP contribution in [0.5, 0.6) is 5.75 Å². The minimum atomic E-state index is -3.81. The first kappa shape index (κ1) is 13.9. The number of hydrogen-bond acceptors (Lipinski definition) is 3. The minimum Gasteiger partial charge on any atom is -0.485 e. The fourth-order valence-corrected chi connectivity index (χ4v) is 3.31. The number of ether oxygens (including phenoxy) is 1. The van der Waals surface area contributed by atoms with Gasteiger partial charge in [-0.3, -0.25) is 0 Å². The molecule has 0 bridgehead atoms. The van der Waals surface area contributed by atoms with Crippen molar-refractivity contribution in [2.75, 3.05) is 0 Å². The van der Waals surface area contributed by atoms with Gasteiger partial charge in [0.25, 0.3) is 9.05 Å². The summed E-state index contributed by atoms with van der Waals surface area (Å²) in [7, 11) is 1.59. The SMILES string of the molecule is O=S(=O)(Cl)c1cc(Br)ccc1OC1C=CCCC1. The van der Waals surface area contributed by atoms with Gasteiger partial charge in [0, 0.05) is 15.2 Å². The molecule has 0 saturated heterocycles. The molecule has 0 saturated carbocycles. The molecule has 1 aromatic rings. The molecule has 0 amide bonds. The quantitative estimate of drug-likeness (QED) is 0.613. The highest BCUT2D eigenvalue weighted by Crippen LogP contribution is 2.31. The lowest BCUT2D eigenvalue weighted by molar-refractivity contribution is 0.224. The molecule has 1 unspecified atom stereocenters. The molecule has 1 atom stereocenters. The largest absolute Gasteiger partial charge is 0.485 e. The summed E-state index contributed by atoms with van der Waals surface area (Å²) in [5.74, 6) is 0.296. The van der Waals surface area contributed by atoms with E-state index in [-0.39, 0.29) is 11.0 Å². The fourth-order valence-electron chi connectivity index (χ4n) is 1.81. The molecule has 2 rings (SSSR count). The van der Waals surface area contributed by atoms with Crippen molar-refractivity contribution in [3.05, 3.63) is 34.8 Å². The first-order chi connectivity index (χ1) is 8.47. The number of benzene rings is 1. The normalized spacial score (nSPS) is 19.8. The third-order valence-corrected chi connectivity index (χ3v) is 4.49. The van der Waals surface area contributed by atoms with Crippen molar-refractivity contribution >= 4 is 35.7 Å². The van der Waals surface area contributed by atoms with Crippen LogP contribution in [0.25, 0.3) is 0 Å². The second-order valence-electron chi connectivity index (χ2n) is 4.04. The molecule has 18 heavy (non-hydrogen) atoms. The van der Waals surface area contributed by atoms with Gasteiger partial charge in [0.05, 0.1) is 0 Å². The van der Waals surface area contributed by atoms with Crippen molar-refractivity contribution < 1.29 is 13.2 Å². The maximum Gasteiger partial charge on any atom is 0.265 e. The lowest BCUT2D eigenvalue weighted by atomic mass is 10.1. The molecule has 0 aliphatic heterocycles. The standard InChI is InChI=1S/C12H12BrClO3S/c13-9-6-7-11(12(8-9)18(14,15)16)17-10-4-2-1-3-5-10/h2,4,6-8,10H,1,3,5H2. The van der Waals surface area contributed by atoms with Crippen LogP contribution in [0.3, 0.4) is 0 Å². The maximum absolute atomic E-state index is 11.5. The van der Waals surface area contributed by atoms with Crippen LogP contribution in [0.2, 0.25) is 0 Å². The predicted molar refractivity (Wildman–Crippen MR) is 74.6 cm³/mol. The molecule has 3 nitrogen and oxygen atoms in total. The van der Waals surface area contributed by atoms with Crippen LogP contribution in [0.15, 0.2) is 39.7 Å². The third-order valence-electron chi connectivity index (χ3n) is 2.66. The summed E-state index contributed by atoms with van der Waals surface area (Å²) < 4.78 is 29.3. The van der Waals surface area contributed by atoms with Crippen LogP contribution in [0.4, 0.5) is 0 Å². The average Bonchev–Trinajstić information content (AvgIpc) is 2.31. The third kappa shape index (κ3) is 3.49. The predicted octanol–water partition coefficient (Wildman–Crippen LogP) is 3.86. The van der Waals surface area contributed by atoms with Gasteiger partial charge in [-0.25, -0.2) is 8.42 Å². The topological polar surface area (TPSA) is 43.4 Å². The van der Waals surface area contributed by atoms with Gasteiger partial charge >= 0.3 is 0 Å². The first-order valence-electron chi connectivity index (χ1n) is 5.54. The van der Waals surface area contributed by atoms with Gasteiger partial charge in [-0.2, -0.15) is 0 Å². The zero-order valence-electron chi connectivity index (χ0n) is 9.47. The van der Waals surface area contributed by atoms with E-state index < -0.39 is 9.05 Å². The van der Waals surface area contributed by atoms with Crippen LogP contribution < -0.4 is 4.74 Å². The summed E-state index contributed by atoms with van der Waals surface area (Å²) in [6.45, 7) is 0. The van der Waals surface area contributed by atoms with Crippen LogP contribution in [-0.2, 0) is 9.05 Å². The zero-order chi connectivity index (χ0) is 13.2. The molecule has 98 valence electrons. The molecular weight excluding hydrogens is 340 g/mol. The van der Waals surface area contributed by atoms with Gasteiger partial charge in [-0.15, -0.1) is 0 Å². The lowest BCUT2D eigenvalue weighted by Crippen LogP contribution is -2.16. The Kier molecular flexibility index (Phi) is 4.35. The summed E-state index contributed by atoms with van der Waals surface area (Å²) in [5.41, 5.74) is 0. The highest BCUT2D eigenvalue weighted by molar-refractivity contribution is 9.10. The van der Waals surface area contributed by atoms with Gasteiger partial charge in [0.2, 0.25) is 0 Å². The maximum atomic E-state index is 11.5. The van der Waals surface area contributed by atoms with Crippen LogP contribution in [0.1, 0.15) is 19.3 Å². The first-order valence-corrected chi connectivity index (χ1v) is 8.64. The van der Waals surface area contributed by atoms with E-state index in [1.807, 2.05) is 12.2 Å². The highest BCUT2D eigenvalue weighted by atomic mass is 79.9. The van der Waals surface area contributed by atoms with Gasteiger partial charge in [-0.1, -0.05) is 22.0 Å². The molecule has 1 aliphatic carbocycles. The van der Waals surface area contributed by atoms with Crippen LogP contribution >= 0.6 is 26.6 Å². The minimum absolute atomic E-state index is 0.00230. The monoisotopic (exact) mass is 350 g/mol. The van der Waals surface area contributed by atoms with Crippen LogP contribution in [0, 0.1) is 0 Å². The van der Waals surface area contributed by atoms with Crippen molar-refractivity contribution in [1.29, 1.82) is 0 Å². The summed E-state index contributed by atoms with van der Waals surface area (Å²) in [5, 5.41) is 0. The fraction of sp³-hybridized carbons (Fsp3) is 0.333. The highest BCUT2D eigenvalue weighted by Gasteiger charge is 2.20. The molecule has 0 heterocycles. The van der Waals surface area contributed by atoms with E-state index in [9.17, 15) is 8.42 Å². The average molecular weight is 352 g/mol.